The van der Waals surface area contributed by atoms with E-state index in [1.807, 2.05) is 0 Å². The quantitative estimate of drug-likeness (QED) is 0.827. The molecule has 17 heavy (non-hydrogen) atoms. The SMILES string of the molecule is Cl.Nc1ccc(NC(=O)C(F)(F)C(F)F)cn1. The van der Waals surface area contributed by atoms with E-state index in [0.717, 1.165) is 6.20 Å². The Balaban J connectivity index is 0.00000256. The molecule has 1 rings (SSSR count). The second-order valence-electron chi connectivity index (χ2n) is 2.85. The Kier molecular flexibility index (Phi) is 5.14. The first-order valence-corrected chi connectivity index (χ1v) is 4.03. The maximum Gasteiger partial charge on any atom is 0.383 e. The fourth-order valence-electron chi connectivity index (χ4n) is 0.793. The summed E-state index contributed by atoms with van der Waals surface area (Å²) in [7, 11) is 0. The molecule has 3 N–H and O–H groups in total. The summed E-state index contributed by atoms with van der Waals surface area (Å²) in [5.74, 6) is -6.71. The van der Waals surface area contributed by atoms with Crippen molar-refractivity contribution in [2.24, 2.45) is 0 Å². The van der Waals surface area contributed by atoms with Crippen LogP contribution in [0.4, 0.5) is 29.1 Å². The van der Waals surface area contributed by atoms with Crippen LogP contribution >= 0.6 is 12.4 Å². The minimum atomic E-state index is -4.73. The number of halogens is 5. The van der Waals surface area contributed by atoms with Crippen molar-refractivity contribution in [2.45, 2.75) is 12.3 Å². The summed E-state index contributed by atoms with van der Waals surface area (Å²) in [6.07, 6.45) is -3.08. The smallest absolute Gasteiger partial charge is 0.383 e. The summed E-state index contributed by atoms with van der Waals surface area (Å²) in [5, 5.41) is 1.60. The van der Waals surface area contributed by atoms with E-state index in [2.05, 4.69) is 4.98 Å². The van der Waals surface area contributed by atoms with Crippen molar-refractivity contribution in [2.75, 3.05) is 11.1 Å². The number of carbonyl (C=O) groups is 1. The lowest BCUT2D eigenvalue weighted by Crippen LogP contribution is -2.41. The molecular formula is C8H8ClF4N3O. The summed E-state index contributed by atoms with van der Waals surface area (Å²) >= 11 is 0. The fourth-order valence-corrected chi connectivity index (χ4v) is 0.793. The lowest BCUT2D eigenvalue weighted by molar-refractivity contribution is -0.163. The molecule has 0 bridgehead atoms. The molecule has 1 heterocycles. The number of alkyl halides is 4. The number of nitrogens with two attached hydrogens (primary N) is 1. The van der Waals surface area contributed by atoms with Crippen molar-refractivity contribution in [1.82, 2.24) is 4.98 Å². The fraction of sp³-hybridized carbons (Fsp3) is 0.250. The van der Waals surface area contributed by atoms with Crippen LogP contribution in [0.2, 0.25) is 0 Å². The minimum Gasteiger partial charge on any atom is -0.384 e. The maximum absolute atomic E-state index is 12.5. The second-order valence-corrected chi connectivity index (χ2v) is 2.85. The predicted octanol–water partition coefficient (Wildman–Crippen LogP) is 1.92. The molecule has 1 aromatic heterocycles. The van der Waals surface area contributed by atoms with Crippen LogP contribution in [0.5, 0.6) is 0 Å². The Labute approximate surface area is 99.6 Å². The molecule has 9 heteroatoms. The molecule has 0 unspecified atom stereocenters. The van der Waals surface area contributed by atoms with Gasteiger partial charge in [0.15, 0.2) is 0 Å². The highest BCUT2D eigenvalue weighted by Gasteiger charge is 2.48. The summed E-state index contributed by atoms with van der Waals surface area (Å²) < 4.78 is 48.6. The van der Waals surface area contributed by atoms with Crippen molar-refractivity contribution in [3.05, 3.63) is 18.3 Å². The Morgan fingerprint density at radius 2 is 2.00 bits per heavy atom. The number of amides is 1. The Morgan fingerprint density at radius 3 is 2.41 bits per heavy atom. The third kappa shape index (κ3) is 3.74. The van der Waals surface area contributed by atoms with E-state index >= 15 is 0 Å². The van der Waals surface area contributed by atoms with Gasteiger partial charge in [0.1, 0.15) is 5.82 Å². The number of hydrogen-bond donors (Lipinski definition) is 2. The molecule has 1 amide bonds. The van der Waals surface area contributed by atoms with Gasteiger partial charge in [-0.3, -0.25) is 4.79 Å². The van der Waals surface area contributed by atoms with Crippen molar-refractivity contribution < 1.29 is 22.4 Å². The zero-order chi connectivity index (χ0) is 12.3. The molecule has 0 aromatic carbocycles. The first kappa shape index (κ1) is 15.4. The number of hydrogen-bond acceptors (Lipinski definition) is 3. The van der Waals surface area contributed by atoms with Gasteiger partial charge in [-0.2, -0.15) is 8.78 Å². The van der Waals surface area contributed by atoms with Gasteiger partial charge >= 0.3 is 18.3 Å². The van der Waals surface area contributed by atoms with Crippen LogP contribution in [-0.4, -0.2) is 23.2 Å². The molecule has 0 spiro atoms. The van der Waals surface area contributed by atoms with Gasteiger partial charge in [-0.05, 0) is 12.1 Å². The lowest BCUT2D eigenvalue weighted by atomic mass is 10.3. The molecule has 0 saturated heterocycles. The third-order valence-corrected chi connectivity index (χ3v) is 1.62. The normalized spacial score (nSPS) is 10.9. The van der Waals surface area contributed by atoms with Gasteiger partial charge in [0.25, 0.3) is 0 Å². The van der Waals surface area contributed by atoms with Gasteiger partial charge in [-0.15, -0.1) is 12.4 Å². The molecule has 0 aliphatic carbocycles. The number of nitrogens with zero attached hydrogens (tertiary/aromatic N) is 1. The predicted molar refractivity (Wildman–Crippen MR) is 55.5 cm³/mol. The van der Waals surface area contributed by atoms with Gasteiger partial charge in [0, 0.05) is 0 Å². The van der Waals surface area contributed by atoms with E-state index in [-0.39, 0.29) is 23.9 Å². The van der Waals surface area contributed by atoms with E-state index in [1.165, 1.54) is 12.1 Å². The van der Waals surface area contributed by atoms with E-state index in [1.54, 1.807) is 5.32 Å². The number of aromatic nitrogens is 1. The number of anilines is 2. The molecule has 0 aliphatic rings. The molecule has 0 aliphatic heterocycles. The largest absolute Gasteiger partial charge is 0.384 e. The number of nitrogens with one attached hydrogen (secondary N) is 1. The number of pyridine rings is 1. The molecule has 1 aromatic rings. The van der Waals surface area contributed by atoms with Gasteiger partial charge in [0.05, 0.1) is 11.9 Å². The Bertz CT molecular complexity index is 385. The molecule has 0 radical (unpaired) electrons. The van der Waals surface area contributed by atoms with Crippen LogP contribution in [0.25, 0.3) is 0 Å². The highest BCUT2D eigenvalue weighted by atomic mass is 35.5. The van der Waals surface area contributed by atoms with Crippen LogP contribution in [0.15, 0.2) is 18.3 Å². The van der Waals surface area contributed by atoms with E-state index in [4.69, 9.17) is 5.73 Å². The number of nitrogen functional groups attached to an aromatic ring is 1. The standard InChI is InChI=1S/C8H7F4N3O.ClH/c9-6(10)8(11,12)7(16)15-4-1-2-5(13)14-3-4;/h1-3,6H,(H2,13,14)(H,15,16);1H. The number of rotatable bonds is 3. The Morgan fingerprint density at radius 1 is 1.41 bits per heavy atom. The highest BCUT2D eigenvalue weighted by Crippen LogP contribution is 2.24. The summed E-state index contributed by atoms with van der Waals surface area (Å²) in [4.78, 5) is 14.3. The third-order valence-electron chi connectivity index (χ3n) is 1.62. The Hall–Kier alpha value is -1.57. The molecular weight excluding hydrogens is 266 g/mol. The van der Waals surface area contributed by atoms with Crippen LogP contribution in [0, 0.1) is 0 Å². The zero-order valence-electron chi connectivity index (χ0n) is 8.16. The molecule has 96 valence electrons. The zero-order valence-corrected chi connectivity index (χ0v) is 8.98. The molecule has 0 fully saturated rings. The van der Waals surface area contributed by atoms with Crippen molar-refractivity contribution in [1.29, 1.82) is 0 Å². The summed E-state index contributed by atoms with van der Waals surface area (Å²) in [6, 6.07) is 2.40. The van der Waals surface area contributed by atoms with E-state index in [9.17, 15) is 22.4 Å². The van der Waals surface area contributed by atoms with Crippen LogP contribution in [-0.2, 0) is 4.79 Å². The van der Waals surface area contributed by atoms with E-state index in [0.29, 0.717) is 0 Å². The van der Waals surface area contributed by atoms with Crippen LogP contribution in [0.1, 0.15) is 0 Å². The average molecular weight is 274 g/mol. The lowest BCUT2D eigenvalue weighted by Gasteiger charge is -2.14. The van der Waals surface area contributed by atoms with Crippen molar-refractivity contribution in [3.8, 4) is 0 Å². The second kappa shape index (κ2) is 5.67. The van der Waals surface area contributed by atoms with Gasteiger partial charge in [0.2, 0.25) is 0 Å². The summed E-state index contributed by atoms with van der Waals surface area (Å²) in [5.41, 5.74) is 5.06. The minimum absolute atomic E-state index is 0. The van der Waals surface area contributed by atoms with Gasteiger partial charge in [-0.1, -0.05) is 0 Å². The van der Waals surface area contributed by atoms with Crippen molar-refractivity contribution in [3.63, 3.8) is 0 Å². The van der Waals surface area contributed by atoms with E-state index < -0.39 is 18.3 Å². The highest BCUT2D eigenvalue weighted by molar-refractivity contribution is 5.96. The van der Waals surface area contributed by atoms with Crippen LogP contribution < -0.4 is 11.1 Å². The van der Waals surface area contributed by atoms with Gasteiger partial charge in [-0.25, -0.2) is 13.8 Å². The topological polar surface area (TPSA) is 68.0 Å². The van der Waals surface area contributed by atoms with Crippen molar-refractivity contribution >= 4 is 29.8 Å². The molecule has 0 atom stereocenters. The maximum atomic E-state index is 12.5. The molecule has 4 nitrogen and oxygen atoms in total. The molecule has 0 saturated carbocycles. The average Bonchev–Trinajstić information content (AvgIpc) is 2.21. The number of carbonyl (C=O) groups excluding carboxylic acids is 1. The van der Waals surface area contributed by atoms with Gasteiger partial charge < -0.3 is 11.1 Å². The monoisotopic (exact) mass is 273 g/mol. The van der Waals surface area contributed by atoms with Crippen LogP contribution in [0.3, 0.4) is 0 Å². The first-order chi connectivity index (χ1) is 7.34. The summed E-state index contributed by atoms with van der Waals surface area (Å²) in [6.45, 7) is 0. The first-order valence-electron chi connectivity index (χ1n) is 4.03.